The van der Waals surface area contributed by atoms with Crippen LogP contribution in [0, 0.1) is 5.92 Å². The molecule has 1 saturated heterocycles. The van der Waals surface area contributed by atoms with Crippen LogP contribution in [-0.4, -0.2) is 33.2 Å². The Morgan fingerprint density at radius 2 is 1.89 bits per heavy atom. The summed E-state index contributed by atoms with van der Waals surface area (Å²) in [6.45, 7) is 7.68. The summed E-state index contributed by atoms with van der Waals surface area (Å²) in [5.41, 5.74) is 5.04. The number of aromatic amines is 1. The van der Waals surface area contributed by atoms with Crippen molar-refractivity contribution in [3.8, 4) is 5.75 Å². The number of fused-ring (bicyclic) bond motifs is 1. The number of nitrogens with one attached hydrogen (secondary N) is 1. The number of ether oxygens (including phenoxy) is 1. The van der Waals surface area contributed by atoms with Crippen LogP contribution in [0.15, 0.2) is 54.9 Å². The lowest BCUT2D eigenvalue weighted by molar-refractivity contribution is 0.165. The third kappa shape index (κ3) is 6.18. The molecule has 5 nitrogen and oxygen atoms in total. The van der Waals surface area contributed by atoms with Crippen molar-refractivity contribution in [2.24, 2.45) is 5.92 Å². The van der Waals surface area contributed by atoms with Gasteiger partial charge in [0.1, 0.15) is 11.9 Å². The number of rotatable bonds is 8. The van der Waals surface area contributed by atoms with Crippen molar-refractivity contribution >= 4 is 46.3 Å². The third-order valence-corrected chi connectivity index (χ3v) is 7.78. The van der Waals surface area contributed by atoms with Crippen LogP contribution in [0.2, 0.25) is 10.0 Å². The summed E-state index contributed by atoms with van der Waals surface area (Å²) in [7, 11) is 0. The van der Waals surface area contributed by atoms with E-state index < -0.39 is 0 Å². The fraction of sp³-hybridized carbons (Fsp3) is 0.333. The van der Waals surface area contributed by atoms with Crippen LogP contribution in [0.4, 0.5) is 0 Å². The molecule has 4 aromatic rings. The van der Waals surface area contributed by atoms with Crippen LogP contribution < -0.4 is 4.74 Å². The Bertz CT molecular complexity index is 1360. The predicted molar refractivity (Wildman–Crippen MR) is 153 cm³/mol. The van der Waals surface area contributed by atoms with Gasteiger partial charge in [0.05, 0.1) is 21.3 Å². The van der Waals surface area contributed by atoms with Gasteiger partial charge in [-0.3, -0.25) is 15.0 Å². The fourth-order valence-corrected chi connectivity index (χ4v) is 5.75. The lowest BCUT2D eigenvalue weighted by Gasteiger charge is -2.32. The molecule has 1 aliphatic rings. The summed E-state index contributed by atoms with van der Waals surface area (Å²) in [6, 6.07) is 14.7. The van der Waals surface area contributed by atoms with E-state index in [9.17, 15) is 0 Å². The number of pyridine rings is 1. The first-order chi connectivity index (χ1) is 18.0. The molecule has 0 spiro atoms. The number of H-pyrrole nitrogens is 1. The minimum atomic E-state index is -0.331. The lowest BCUT2D eigenvalue weighted by Crippen LogP contribution is -2.34. The molecule has 0 bridgehead atoms. The van der Waals surface area contributed by atoms with E-state index in [1.807, 2.05) is 31.2 Å². The van der Waals surface area contributed by atoms with Crippen molar-refractivity contribution in [1.82, 2.24) is 20.1 Å². The van der Waals surface area contributed by atoms with Crippen LogP contribution in [0.1, 0.15) is 61.6 Å². The zero-order valence-corrected chi connectivity index (χ0v) is 22.8. The average molecular weight is 536 g/mol. The Labute approximate surface area is 228 Å². The molecule has 192 valence electrons. The van der Waals surface area contributed by atoms with Crippen molar-refractivity contribution in [2.45, 2.75) is 45.8 Å². The van der Waals surface area contributed by atoms with E-state index in [-0.39, 0.29) is 6.10 Å². The molecule has 2 aromatic carbocycles. The number of nitrogens with zero attached hydrogens (tertiary/aromatic N) is 3. The van der Waals surface area contributed by atoms with Gasteiger partial charge in [-0.25, -0.2) is 0 Å². The first-order valence-corrected chi connectivity index (χ1v) is 13.7. The van der Waals surface area contributed by atoms with Gasteiger partial charge in [-0.05, 0) is 67.6 Å². The standard InChI is InChI=1S/C30H32Cl2N4O/c1-3-21-5-4-14-36(18-21)19-23-8-6-22(7-9-23)10-12-28-25-15-24(11-13-29(25)35-34-28)37-20(2)30-26(31)16-33-17-27(30)32/h6-13,15-17,20-21H,3-5,14,18-19H2,1-2H3,(H,34,35)/b12-10+. The maximum atomic E-state index is 6.31. The topological polar surface area (TPSA) is 54.0 Å². The normalized spacial score (nSPS) is 17.5. The molecule has 0 aliphatic carbocycles. The average Bonchev–Trinajstić information content (AvgIpc) is 3.30. The van der Waals surface area contributed by atoms with Gasteiger partial charge in [-0.15, -0.1) is 0 Å². The number of hydrogen-bond donors (Lipinski definition) is 1. The van der Waals surface area contributed by atoms with Gasteiger partial charge in [0, 0.05) is 36.4 Å². The molecule has 0 radical (unpaired) electrons. The quantitative estimate of drug-likeness (QED) is 0.247. The van der Waals surface area contributed by atoms with Gasteiger partial charge in [-0.1, -0.05) is 66.9 Å². The van der Waals surface area contributed by atoms with Gasteiger partial charge in [0.2, 0.25) is 0 Å². The first kappa shape index (κ1) is 25.8. The second-order valence-electron chi connectivity index (χ2n) is 9.82. The Morgan fingerprint density at radius 3 is 2.65 bits per heavy atom. The van der Waals surface area contributed by atoms with Crippen molar-refractivity contribution in [1.29, 1.82) is 0 Å². The largest absolute Gasteiger partial charge is 0.486 e. The van der Waals surface area contributed by atoms with E-state index in [0.29, 0.717) is 15.8 Å². The number of likely N-dealkylation sites (tertiary alicyclic amines) is 1. The molecule has 1 fully saturated rings. The summed E-state index contributed by atoms with van der Waals surface area (Å²) < 4.78 is 6.18. The molecule has 1 aliphatic heterocycles. The highest BCUT2D eigenvalue weighted by Gasteiger charge is 2.18. The SMILES string of the molecule is CCC1CCCN(Cc2ccc(/C=C/c3n[nH]c4ccc(OC(C)c5c(Cl)cncc5Cl)cc34)cc2)C1. The smallest absolute Gasteiger partial charge is 0.124 e. The molecule has 0 saturated carbocycles. The van der Waals surface area contributed by atoms with E-state index in [1.54, 1.807) is 12.4 Å². The van der Waals surface area contributed by atoms with Crippen molar-refractivity contribution in [2.75, 3.05) is 13.1 Å². The van der Waals surface area contributed by atoms with Crippen molar-refractivity contribution in [3.63, 3.8) is 0 Å². The van der Waals surface area contributed by atoms with E-state index in [2.05, 4.69) is 57.3 Å². The summed E-state index contributed by atoms with van der Waals surface area (Å²) in [5.74, 6) is 1.56. The highest BCUT2D eigenvalue weighted by molar-refractivity contribution is 6.35. The fourth-order valence-electron chi connectivity index (χ4n) is 5.08. The van der Waals surface area contributed by atoms with Gasteiger partial charge < -0.3 is 4.74 Å². The summed E-state index contributed by atoms with van der Waals surface area (Å²) in [5, 5.41) is 9.57. The minimum Gasteiger partial charge on any atom is -0.486 e. The maximum absolute atomic E-state index is 6.31. The molecule has 0 amide bonds. The Balaban J connectivity index is 1.27. The van der Waals surface area contributed by atoms with Crippen LogP contribution in [0.5, 0.6) is 5.75 Å². The number of piperidine rings is 1. The van der Waals surface area contributed by atoms with E-state index in [4.69, 9.17) is 27.9 Å². The molecule has 5 rings (SSSR count). The molecule has 37 heavy (non-hydrogen) atoms. The van der Waals surface area contributed by atoms with E-state index >= 15 is 0 Å². The summed E-state index contributed by atoms with van der Waals surface area (Å²) in [4.78, 5) is 6.61. The molecule has 2 atom stereocenters. The molecule has 7 heteroatoms. The predicted octanol–water partition coefficient (Wildman–Crippen LogP) is 8.20. The highest BCUT2D eigenvalue weighted by atomic mass is 35.5. The van der Waals surface area contributed by atoms with Crippen LogP contribution >= 0.6 is 23.2 Å². The van der Waals surface area contributed by atoms with Crippen molar-refractivity contribution < 1.29 is 4.74 Å². The van der Waals surface area contributed by atoms with Crippen LogP contribution in [-0.2, 0) is 6.54 Å². The van der Waals surface area contributed by atoms with Gasteiger partial charge in [-0.2, -0.15) is 5.10 Å². The van der Waals surface area contributed by atoms with Crippen molar-refractivity contribution in [3.05, 3.63) is 87.3 Å². The molecule has 2 aromatic heterocycles. The Kier molecular flexibility index (Phi) is 8.14. The molecule has 3 heterocycles. The van der Waals surface area contributed by atoms with E-state index in [1.165, 1.54) is 37.9 Å². The molecule has 1 N–H and O–H groups in total. The number of hydrogen-bond acceptors (Lipinski definition) is 4. The monoisotopic (exact) mass is 534 g/mol. The highest BCUT2D eigenvalue weighted by Crippen LogP contribution is 2.33. The van der Waals surface area contributed by atoms with E-state index in [0.717, 1.165) is 40.2 Å². The number of benzene rings is 2. The second-order valence-corrected chi connectivity index (χ2v) is 10.6. The zero-order valence-electron chi connectivity index (χ0n) is 21.3. The van der Waals surface area contributed by atoms with Gasteiger partial charge in [0.25, 0.3) is 0 Å². The Hall–Kier alpha value is -2.86. The van der Waals surface area contributed by atoms with Gasteiger partial charge >= 0.3 is 0 Å². The Morgan fingerprint density at radius 1 is 1.11 bits per heavy atom. The molecule has 2 unspecified atom stereocenters. The molecular formula is C30H32Cl2N4O. The minimum absolute atomic E-state index is 0.331. The third-order valence-electron chi connectivity index (χ3n) is 7.17. The van der Waals surface area contributed by atoms with Crippen LogP contribution in [0.3, 0.4) is 0 Å². The lowest BCUT2D eigenvalue weighted by atomic mass is 9.95. The molecular weight excluding hydrogens is 503 g/mol. The first-order valence-electron chi connectivity index (χ1n) is 12.9. The van der Waals surface area contributed by atoms with Gasteiger partial charge in [0.15, 0.2) is 0 Å². The maximum Gasteiger partial charge on any atom is 0.124 e. The number of halogens is 2. The zero-order chi connectivity index (χ0) is 25.8. The van der Waals surface area contributed by atoms with Crippen LogP contribution in [0.25, 0.3) is 23.1 Å². The summed E-state index contributed by atoms with van der Waals surface area (Å²) >= 11 is 12.6. The second kappa shape index (κ2) is 11.7. The number of aromatic nitrogens is 3. The summed E-state index contributed by atoms with van der Waals surface area (Å²) in [6.07, 6.45) is 10.9.